The van der Waals surface area contributed by atoms with Crippen LogP contribution in [0.15, 0.2) is 99.0 Å². The van der Waals surface area contributed by atoms with Gasteiger partial charge in [-0.3, -0.25) is 4.79 Å². The number of rotatable bonds is 7. The fraction of sp³-hybridized carbons (Fsp3) is 0.0333. The molecule has 2 N–H and O–H groups in total. The molecule has 0 bridgehead atoms. The molecule has 5 rings (SSSR count). The SMILES string of the molecule is COc1ccc(Cl)cc1C(=O)Oc1ccc(Br)cc1C=NNC(=O)c1[nH]c2c(Br)cccc2c1-c1ccccc1. The van der Waals surface area contributed by atoms with E-state index < -0.39 is 11.9 Å². The van der Waals surface area contributed by atoms with Crippen LogP contribution in [0.3, 0.4) is 0 Å². The molecule has 5 aromatic rings. The molecular weight excluding hydrogens is 662 g/mol. The number of carbonyl (C=O) groups excluding carboxylic acids is 2. The van der Waals surface area contributed by atoms with Crippen molar-refractivity contribution >= 4 is 72.5 Å². The monoisotopic (exact) mass is 679 g/mol. The number of hydrogen-bond acceptors (Lipinski definition) is 5. The van der Waals surface area contributed by atoms with E-state index in [4.69, 9.17) is 21.1 Å². The maximum atomic E-state index is 13.3. The minimum Gasteiger partial charge on any atom is -0.496 e. The highest BCUT2D eigenvalue weighted by atomic mass is 79.9. The number of fused-ring (bicyclic) bond motifs is 1. The lowest BCUT2D eigenvalue weighted by Crippen LogP contribution is -2.19. The van der Waals surface area contributed by atoms with Gasteiger partial charge in [-0.1, -0.05) is 70.0 Å². The molecule has 200 valence electrons. The molecule has 0 spiro atoms. The number of nitrogens with one attached hydrogen (secondary N) is 2. The van der Waals surface area contributed by atoms with Crippen molar-refractivity contribution in [2.24, 2.45) is 5.10 Å². The molecule has 0 unspecified atom stereocenters. The number of H-pyrrole nitrogens is 1. The van der Waals surface area contributed by atoms with Gasteiger partial charge in [0, 0.05) is 30.5 Å². The van der Waals surface area contributed by atoms with Crippen LogP contribution in [-0.2, 0) is 0 Å². The summed E-state index contributed by atoms with van der Waals surface area (Å²) in [6, 6.07) is 25.2. The van der Waals surface area contributed by atoms with Crippen molar-refractivity contribution in [2.75, 3.05) is 7.11 Å². The minimum absolute atomic E-state index is 0.174. The molecule has 0 fully saturated rings. The lowest BCUT2D eigenvalue weighted by molar-refractivity contribution is 0.0730. The van der Waals surface area contributed by atoms with Crippen molar-refractivity contribution in [1.29, 1.82) is 0 Å². The quantitative estimate of drug-likeness (QED) is 0.0788. The zero-order valence-electron chi connectivity index (χ0n) is 20.9. The molecule has 40 heavy (non-hydrogen) atoms. The zero-order valence-corrected chi connectivity index (χ0v) is 24.8. The molecule has 4 aromatic carbocycles. The van der Waals surface area contributed by atoms with Crippen LogP contribution in [0.5, 0.6) is 11.5 Å². The Kier molecular flexibility index (Phi) is 8.35. The van der Waals surface area contributed by atoms with Crippen LogP contribution in [0.25, 0.3) is 22.0 Å². The van der Waals surface area contributed by atoms with Crippen molar-refractivity contribution in [3.63, 3.8) is 0 Å². The van der Waals surface area contributed by atoms with Gasteiger partial charge in [0.1, 0.15) is 22.8 Å². The van der Waals surface area contributed by atoms with Gasteiger partial charge in [0.05, 0.1) is 18.8 Å². The fourth-order valence-corrected chi connectivity index (χ4v) is 5.20. The van der Waals surface area contributed by atoms with Crippen molar-refractivity contribution < 1.29 is 19.1 Å². The molecule has 0 aliphatic rings. The number of para-hydroxylation sites is 1. The van der Waals surface area contributed by atoms with Gasteiger partial charge in [0.25, 0.3) is 5.91 Å². The van der Waals surface area contributed by atoms with Crippen molar-refractivity contribution in [3.05, 3.63) is 116 Å². The second-order valence-electron chi connectivity index (χ2n) is 8.52. The first-order valence-corrected chi connectivity index (χ1v) is 13.9. The Labute approximate surface area is 251 Å². The summed E-state index contributed by atoms with van der Waals surface area (Å²) in [5, 5.41) is 5.42. The van der Waals surface area contributed by atoms with Crippen molar-refractivity contribution in [3.8, 4) is 22.6 Å². The number of hydrogen-bond donors (Lipinski definition) is 2. The number of esters is 1. The Morgan fingerprint density at radius 3 is 2.50 bits per heavy atom. The molecule has 10 heteroatoms. The van der Waals surface area contributed by atoms with Crippen LogP contribution in [-0.4, -0.2) is 30.2 Å². The number of hydrazone groups is 1. The summed E-state index contributed by atoms with van der Waals surface area (Å²) in [4.78, 5) is 29.5. The van der Waals surface area contributed by atoms with Crippen molar-refractivity contribution in [1.82, 2.24) is 10.4 Å². The summed E-state index contributed by atoms with van der Waals surface area (Å²) >= 11 is 13.1. The smallest absolute Gasteiger partial charge is 0.347 e. The largest absolute Gasteiger partial charge is 0.496 e. The molecule has 0 saturated carbocycles. The van der Waals surface area contributed by atoms with E-state index in [0.717, 1.165) is 31.0 Å². The predicted octanol–water partition coefficient (Wildman–Crippen LogP) is 8.01. The number of carbonyl (C=O) groups is 2. The maximum Gasteiger partial charge on any atom is 0.347 e. The molecule has 0 saturated heterocycles. The highest BCUT2D eigenvalue weighted by Crippen LogP contribution is 2.35. The number of halogens is 3. The Bertz CT molecular complexity index is 1770. The third-order valence-electron chi connectivity index (χ3n) is 6.00. The van der Waals surface area contributed by atoms with Gasteiger partial charge in [-0.25, -0.2) is 10.2 Å². The molecule has 1 amide bonds. The molecule has 1 aromatic heterocycles. The van der Waals surface area contributed by atoms with Gasteiger partial charge in [-0.05, 0) is 64.0 Å². The Hall–Kier alpha value is -3.92. The standard InChI is InChI=1S/C30H20Br2ClN3O4/c1-39-25-13-11-20(33)15-22(25)30(38)40-24-12-10-19(31)14-18(24)16-34-36-29(37)28-26(17-6-3-2-4-7-17)21-8-5-9-23(32)27(21)35-28/h2-16,35H,1H3,(H,36,37). The number of ether oxygens (including phenoxy) is 2. The summed E-state index contributed by atoms with van der Waals surface area (Å²) < 4.78 is 12.5. The average molecular weight is 682 g/mol. The second kappa shape index (κ2) is 12.1. The van der Waals surface area contributed by atoms with E-state index in [1.165, 1.54) is 19.4 Å². The third kappa shape index (κ3) is 5.82. The number of amides is 1. The van der Waals surface area contributed by atoms with E-state index >= 15 is 0 Å². The van der Waals surface area contributed by atoms with Crippen LogP contribution in [0.4, 0.5) is 0 Å². The van der Waals surface area contributed by atoms with Gasteiger partial charge >= 0.3 is 5.97 Å². The fourth-order valence-electron chi connectivity index (χ4n) is 4.18. The number of benzene rings is 4. The van der Waals surface area contributed by atoms with Gasteiger partial charge < -0.3 is 14.5 Å². The first-order chi connectivity index (χ1) is 19.4. The number of methoxy groups -OCH3 is 1. The van der Waals surface area contributed by atoms with E-state index in [2.05, 4.69) is 47.4 Å². The van der Waals surface area contributed by atoms with E-state index in [-0.39, 0.29) is 11.3 Å². The normalized spacial score (nSPS) is 11.1. The minimum atomic E-state index is -0.656. The Morgan fingerprint density at radius 2 is 1.73 bits per heavy atom. The topological polar surface area (TPSA) is 92.8 Å². The molecule has 1 heterocycles. The van der Waals surface area contributed by atoms with Crippen LogP contribution < -0.4 is 14.9 Å². The van der Waals surface area contributed by atoms with Crippen LogP contribution in [0.1, 0.15) is 26.4 Å². The van der Waals surface area contributed by atoms with Gasteiger partial charge in [-0.2, -0.15) is 5.10 Å². The molecular formula is C30H20Br2ClN3O4. The maximum absolute atomic E-state index is 13.3. The Balaban J connectivity index is 1.42. The molecule has 0 aliphatic carbocycles. The summed E-state index contributed by atoms with van der Waals surface area (Å²) in [6.07, 6.45) is 1.40. The van der Waals surface area contributed by atoms with E-state index in [0.29, 0.717) is 22.0 Å². The lowest BCUT2D eigenvalue weighted by Gasteiger charge is -2.11. The van der Waals surface area contributed by atoms with Crippen LogP contribution in [0, 0.1) is 0 Å². The second-order valence-corrected chi connectivity index (χ2v) is 10.7. The highest BCUT2D eigenvalue weighted by Gasteiger charge is 2.21. The summed E-state index contributed by atoms with van der Waals surface area (Å²) in [5.41, 5.74) is 6.02. The molecule has 0 radical (unpaired) electrons. The predicted molar refractivity (Wildman–Crippen MR) is 164 cm³/mol. The van der Waals surface area contributed by atoms with Crippen molar-refractivity contribution in [2.45, 2.75) is 0 Å². The molecule has 0 aliphatic heterocycles. The van der Waals surface area contributed by atoms with Gasteiger partial charge in [0.15, 0.2) is 0 Å². The number of nitrogens with zero attached hydrogens (tertiary/aromatic N) is 1. The Morgan fingerprint density at radius 1 is 0.950 bits per heavy atom. The number of aromatic amines is 1. The molecule has 0 atom stereocenters. The molecule has 7 nitrogen and oxygen atoms in total. The summed E-state index contributed by atoms with van der Waals surface area (Å²) in [5.74, 6) is -0.534. The van der Waals surface area contributed by atoms with Crippen LogP contribution >= 0.6 is 43.5 Å². The summed E-state index contributed by atoms with van der Waals surface area (Å²) in [7, 11) is 1.45. The zero-order chi connectivity index (χ0) is 28.2. The van der Waals surface area contributed by atoms with E-state index in [1.54, 1.807) is 30.3 Å². The highest BCUT2D eigenvalue weighted by molar-refractivity contribution is 9.11. The van der Waals surface area contributed by atoms with Gasteiger partial charge in [0.2, 0.25) is 0 Å². The summed E-state index contributed by atoms with van der Waals surface area (Å²) in [6.45, 7) is 0. The van der Waals surface area contributed by atoms with Gasteiger partial charge in [-0.15, -0.1) is 0 Å². The number of aromatic nitrogens is 1. The average Bonchev–Trinajstić information content (AvgIpc) is 3.36. The van der Waals surface area contributed by atoms with Crippen LogP contribution in [0.2, 0.25) is 5.02 Å². The first kappa shape index (κ1) is 27.6. The third-order valence-corrected chi connectivity index (χ3v) is 7.39. The lowest BCUT2D eigenvalue weighted by atomic mass is 10.0. The van der Waals surface area contributed by atoms with E-state index in [9.17, 15) is 9.59 Å². The van der Waals surface area contributed by atoms with E-state index in [1.807, 2.05) is 48.5 Å². The first-order valence-electron chi connectivity index (χ1n) is 11.9.